The predicted octanol–water partition coefficient (Wildman–Crippen LogP) is 2.77. The molecule has 1 saturated heterocycles. The lowest BCUT2D eigenvalue weighted by molar-refractivity contribution is -0.120. The lowest BCUT2D eigenvalue weighted by atomic mass is 10.1. The number of thioether (sulfide) groups is 1. The number of amides is 2. The minimum absolute atomic E-state index is 0.00971. The maximum Gasteiger partial charge on any atom is 0.238 e. The Morgan fingerprint density at radius 2 is 1.71 bits per heavy atom. The van der Waals surface area contributed by atoms with Gasteiger partial charge in [-0.3, -0.25) is 14.5 Å². The third kappa shape index (κ3) is 6.38. The first-order chi connectivity index (χ1) is 15.2. The van der Waals surface area contributed by atoms with Crippen molar-refractivity contribution in [3.05, 3.63) is 48.5 Å². The van der Waals surface area contributed by atoms with Crippen LogP contribution < -0.4 is 20.1 Å². The highest BCUT2D eigenvalue weighted by Crippen LogP contribution is 2.34. The summed E-state index contributed by atoms with van der Waals surface area (Å²) >= 11 is 1.49. The zero-order valence-electron chi connectivity index (χ0n) is 17.3. The third-order valence-corrected chi connectivity index (χ3v) is 6.25. The van der Waals surface area contributed by atoms with E-state index in [4.69, 9.17) is 9.47 Å². The summed E-state index contributed by atoms with van der Waals surface area (Å²) in [7, 11) is 0. The fourth-order valence-corrected chi connectivity index (χ4v) is 4.43. The number of hydrogen-bond acceptors (Lipinski definition) is 6. The van der Waals surface area contributed by atoms with E-state index in [1.807, 2.05) is 48.5 Å². The molecule has 7 nitrogen and oxygen atoms in total. The van der Waals surface area contributed by atoms with Crippen LogP contribution in [0.2, 0.25) is 0 Å². The quantitative estimate of drug-likeness (QED) is 0.644. The lowest BCUT2D eigenvalue weighted by Crippen LogP contribution is -2.47. The molecule has 0 spiro atoms. The van der Waals surface area contributed by atoms with Crippen LogP contribution in [0.25, 0.3) is 0 Å². The summed E-state index contributed by atoms with van der Waals surface area (Å²) in [6, 6.07) is 15.4. The monoisotopic (exact) mass is 441 g/mol. The zero-order valence-corrected chi connectivity index (χ0v) is 18.2. The molecule has 8 heteroatoms. The fraction of sp³-hybridized carbons (Fsp3) is 0.391. The number of rotatable bonds is 7. The predicted molar refractivity (Wildman–Crippen MR) is 121 cm³/mol. The summed E-state index contributed by atoms with van der Waals surface area (Å²) in [6.45, 7) is 3.08. The molecule has 0 bridgehead atoms. The number of likely N-dealkylation sites (tertiary alicyclic amines) is 1. The Morgan fingerprint density at radius 1 is 0.968 bits per heavy atom. The molecule has 4 rings (SSSR count). The van der Waals surface area contributed by atoms with Crippen molar-refractivity contribution in [3.63, 3.8) is 0 Å². The van der Waals surface area contributed by atoms with Crippen molar-refractivity contribution < 1.29 is 19.1 Å². The molecule has 0 aromatic heterocycles. The molecule has 164 valence electrons. The van der Waals surface area contributed by atoms with Gasteiger partial charge in [-0.2, -0.15) is 0 Å². The van der Waals surface area contributed by atoms with Crippen molar-refractivity contribution in [2.75, 3.05) is 43.9 Å². The normalized spacial score (nSPS) is 16.5. The molecule has 1 fully saturated rings. The van der Waals surface area contributed by atoms with Gasteiger partial charge in [0, 0.05) is 29.7 Å². The van der Waals surface area contributed by atoms with Gasteiger partial charge in [0.1, 0.15) is 13.2 Å². The number of carbonyl (C=O) groups is 2. The number of nitrogens with one attached hydrogen (secondary N) is 2. The number of carbonyl (C=O) groups excluding carboxylic acids is 2. The van der Waals surface area contributed by atoms with Crippen LogP contribution in [-0.2, 0) is 9.59 Å². The first-order valence-corrected chi connectivity index (χ1v) is 11.5. The summed E-state index contributed by atoms with van der Waals surface area (Å²) in [5.41, 5.74) is 0.810. The number of para-hydroxylation sites is 1. The van der Waals surface area contributed by atoms with E-state index in [-0.39, 0.29) is 17.9 Å². The van der Waals surface area contributed by atoms with Gasteiger partial charge in [-0.05, 0) is 43.2 Å². The van der Waals surface area contributed by atoms with Gasteiger partial charge in [0.15, 0.2) is 11.5 Å². The summed E-state index contributed by atoms with van der Waals surface area (Å²) < 4.78 is 11.1. The van der Waals surface area contributed by atoms with Crippen LogP contribution in [0.4, 0.5) is 5.69 Å². The van der Waals surface area contributed by atoms with Gasteiger partial charge >= 0.3 is 0 Å². The summed E-state index contributed by atoms with van der Waals surface area (Å²) in [5, 5.41) is 6.04. The highest BCUT2D eigenvalue weighted by Gasteiger charge is 2.22. The topological polar surface area (TPSA) is 79.9 Å². The Bertz CT molecular complexity index is 901. The molecular weight excluding hydrogens is 414 g/mol. The van der Waals surface area contributed by atoms with Gasteiger partial charge < -0.3 is 20.1 Å². The van der Waals surface area contributed by atoms with Gasteiger partial charge in [0.25, 0.3) is 0 Å². The average molecular weight is 442 g/mol. The lowest BCUT2D eigenvalue weighted by Gasteiger charge is -2.31. The van der Waals surface area contributed by atoms with E-state index in [1.165, 1.54) is 11.8 Å². The first kappa shape index (κ1) is 21.5. The van der Waals surface area contributed by atoms with Crippen LogP contribution in [0, 0.1) is 0 Å². The number of piperidine rings is 1. The number of fused-ring (bicyclic) bond motifs is 1. The molecule has 2 N–H and O–H groups in total. The number of hydrogen-bond donors (Lipinski definition) is 2. The van der Waals surface area contributed by atoms with Gasteiger partial charge in [-0.15, -0.1) is 11.8 Å². The molecule has 2 aliphatic rings. The molecule has 2 heterocycles. The van der Waals surface area contributed by atoms with Crippen LogP contribution in [0.5, 0.6) is 11.5 Å². The molecule has 0 radical (unpaired) electrons. The molecule has 0 saturated carbocycles. The number of anilines is 1. The van der Waals surface area contributed by atoms with Crippen LogP contribution in [-0.4, -0.2) is 61.4 Å². The molecular formula is C23H27N3O4S. The molecule has 2 aromatic rings. The van der Waals surface area contributed by atoms with E-state index in [0.717, 1.165) is 48.0 Å². The van der Waals surface area contributed by atoms with Crippen LogP contribution in [0.15, 0.2) is 53.4 Å². The van der Waals surface area contributed by atoms with Crippen molar-refractivity contribution in [1.82, 2.24) is 10.2 Å². The fourth-order valence-electron chi connectivity index (χ4n) is 3.69. The average Bonchev–Trinajstić information content (AvgIpc) is 2.79. The number of ether oxygens (including phenoxy) is 2. The molecule has 0 atom stereocenters. The Kier molecular flexibility index (Phi) is 7.32. The van der Waals surface area contributed by atoms with E-state index in [0.29, 0.717) is 25.5 Å². The Morgan fingerprint density at radius 3 is 2.48 bits per heavy atom. The Labute approximate surface area is 186 Å². The van der Waals surface area contributed by atoms with E-state index >= 15 is 0 Å². The van der Waals surface area contributed by atoms with Crippen molar-refractivity contribution in [2.24, 2.45) is 0 Å². The van der Waals surface area contributed by atoms with E-state index < -0.39 is 0 Å². The molecule has 31 heavy (non-hydrogen) atoms. The molecule has 0 aliphatic carbocycles. The maximum atomic E-state index is 12.4. The largest absolute Gasteiger partial charge is 0.486 e. The van der Waals surface area contributed by atoms with Crippen LogP contribution in [0.1, 0.15) is 12.8 Å². The van der Waals surface area contributed by atoms with Crippen LogP contribution >= 0.6 is 11.8 Å². The van der Waals surface area contributed by atoms with Gasteiger partial charge in [-0.25, -0.2) is 0 Å². The maximum absolute atomic E-state index is 12.4. The smallest absolute Gasteiger partial charge is 0.238 e. The summed E-state index contributed by atoms with van der Waals surface area (Å²) in [6.07, 6.45) is 1.69. The highest BCUT2D eigenvalue weighted by molar-refractivity contribution is 8.00. The molecule has 2 aromatic carbocycles. The molecule has 2 amide bonds. The number of nitrogens with zero attached hydrogens (tertiary/aromatic N) is 1. The Balaban J connectivity index is 1.15. The van der Waals surface area contributed by atoms with Crippen molar-refractivity contribution in [3.8, 4) is 11.5 Å². The van der Waals surface area contributed by atoms with E-state index in [9.17, 15) is 9.59 Å². The Hall–Kier alpha value is -2.71. The summed E-state index contributed by atoms with van der Waals surface area (Å²) in [4.78, 5) is 27.7. The molecule has 2 aliphatic heterocycles. The standard InChI is InChI=1S/C23H27N3O4S/c27-22(24-17-4-2-1-3-5-17)15-26-10-8-18(9-11-26)25-23(28)16-31-19-6-7-20-21(14-19)30-13-12-29-20/h1-7,14,18H,8-13,15-16H2,(H,24,27)(H,25,28). The second-order valence-corrected chi connectivity index (χ2v) is 8.68. The second kappa shape index (κ2) is 10.5. The van der Waals surface area contributed by atoms with E-state index in [2.05, 4.69) is 15.5 Å². The van der Waals surface area contributed by atoms with Crippen molar-refractivity contribution >= 4 is 29.3 Å². The molecule has 0 unspecified atom stereocenters. The second-order valence-electron chi connectivity index (χ2n) is 7.63. The first-order valence-electron chi connectivity index (χ1n) is 10.5. The SMILES string of the molecule is O=C(CN1CCC(NC(=O)CSc2ccc3c(c2)OCCO3)CC1)Nc1ccccc1. The van der Waals surface area contributed by atoms with Crippen LogP contribution in [0.3, 0.4) is 0 Å². The number of benzene rings is 2. The highest BCUT2D eigenvalue weighted by atomic mass is 32.2. The van der Waals surface area contributed by atoms with Crippen molar-refractivity contribution in [2.45, 2.75) is 23.8 Å². The third-order valence-electron chi connectivity index (χ3n) is 5.26. The van der Waals surface area contributed by atoms with Gasteiger partial charge in [0.2, 0.25) is 11.8 Å². The van der Waals surface area contributed by atoms with Gasteiger partial charge in [-0.1, -0.05) is 18.2 Å². The summed E-state index contributed by atoms with van der Waals surface area (Å²) in [5.74, 6) is 1.87. The van der Waals surface area contributed by atoms with Crippen molar-refractivity contribution in [1.29, 1.82) is 0 Å². The van der Waals surface area contributed by atoms with Gasteiger partial charge in [0.05, 0.1) is 12.3 Å². The minimum Gasteiger partial charge on any atom is -0.486 e. The van der Waals surface area contributed by atoms with E-state index in [1.54, 1.807) is 0 Å². The zero-order chi connectivity index (χ0) is 21.5. The minimum atomic E-state index is -0.00971.